The first kappa shape index (κ1) is 21.2. The number of fused-ring (bicyclic) bond motifs is 2. The molecule has 0 spiro atoms. The maximum absolute atomic E-state index is 11.5. The minimum atomic E-state index is -0.811. The topological polar surface area (TPSA) is 89.3 Å². The molecule has 2 aliphatic rings. The molecule has 0 radical (unpaired) electrons. The van der Waals surface area contributed by atoms with Crippen molar-refractivity contribution in [2.45, 2.75) is 44.6 Å². The van der Waals surface area contributed by atoms with Crippen LogP contribution in [0.4, 0.5) is 5.82 Å². The van der Waals surface area contributed by atoms with Gasteiger partial charge >= 0.3 is 5.97 Å². The fraction of sp³-hybridized carbons (Fsp3) is 0.346. The summed E-state index contributed by atoms with van der Waals surface area (Å²) in [6.07, 6.45) is 11.7. The number of hydrogen-bond donors (Lipinski definition) is 2. The first-order valence-corrected chi connectivity index (χ1v) is 11.5. The zero-order chi connectivity index (χ0) is 22.6. The number of rotatable bonds is 8. The Balaban J connectivity index is 1.24. The number of benzene rings is 1. The molecule has 1 unspecified atom stereocenters. The highest BCUT2D eigenvalue weighted by Gasteiger charge is 2.20. The molecule has 33 heavy (non-hydrogen) atoms. The highest BCUT2D eigenvalue weighted by molar-refractivity contribution is 5.68. The number of aliphatic carboxylic acids is 1. The summed E-state index contributed by atoms with van der Waals surface area (Å²) in [5.41, 5.74) is 5.33. The second kappa shape index (κ2) is 9.48. The summed E-state index contributed by atoms with van der Waals surface area (Å²) in [6, 6.07) is 10.3. The van der Waals surface area contributed by atoms with Crippen LogP contribution in [-0.2, 0) is 30.6 Å². The summed E-state index contributed by atoms with van der Waals surface area (Å²) < 4.78 is 7.64. The maximum Gasteiger partial charge on any atom is 0.304 e. The first-order valence-electron chi connectivity index (χ1n) is 11.5. The van der Waals surface area contributed by atoms with Crippen LogP contribution in [0.3, 0.4) is 0 Å². The van der Waals surface area contributed by atoms with Crippen LogP contribution in [0.25, 0.3) is 6.08 Å². The van der Waals surface area contributed by atoms with Gasteiger partial charge in [0.15, 0.2) is 0 Å². The zero-order valence-electron chi connectivity index (χ0n) is 18.5. The van der Waals surface area contributed by atoms with Crippen molar-refractivity contribution in [1.29, 1.82) is 0 Å². The molecule has 2 N–H and O–H groups in total. The summed E-state index contributed by atoms with van der Waals surface area (Å²) in [5.74, 6) is 0.921. The van der Waals surface area contributed by atoms with Gasteiger partial charge in [0.2, 0.25) is 0 Å². The molecule has 0 fully saturated rings. The Bertz CT molecular complexity index is 1180. The van der Waals surface area contributed by atoms with E-state index in [1.165, 1.54) is 11.1 Å². The monoisotopic (exact) mass is 444 g/mol. The van der Waals surface area contributed by atoms with Crippen LogP contribution in [-0.4, -0.2) is 38.8 Å². The number of nitrogens with one attached hydrogen (secondary N) is 1. The van der Waals surface area contributed by atoms with Crippen LogP contribution in [0.2, 0.25) is 0 Å². The maximum atomic E-state index is 11.5. The van der Waals surface area contributed by atoms with Crippen molar-refractivity contribution in [1.82, 2.24) is 14.5 Å². The number of allylic oxidation sites excluding steroid dienone is 1. The van der Waals surface area contributed by atoms with Gasteiger partial charge in [0.25, 0.3) is 0 Å². The van der Waals surface area contributed by atoms with Gasteiger partial charge in [-0.25, -0.2) is 9.97 Å². The standard InChI is InChI=1S/C26H28N4O3/c31-25(32)14-21(20-7-6-18-10-12-33-24(18)13-20)15-30-16-23(28-17-30)5-1-4-22-9-8-19-3-2-11-27-26(19)29-22/h1,5-9,13,16-17,21H,2-4,10-12,14-15H2,(H,27,29)(H,31,32). The van der Waals surface area contributed by atoms with Gasteiger partial charge in [-0.1, -0.05) is 24.3 Å². The van der Waals surface area contributed by atoms with Crippen LogP contribution < -0.4 is 10.1 Å². The van der Waals surface area contributed by atoms with Gasteiger partial charge in [0, 0.05) is 43.7 Å². The Morgan fingerprint density at radius 3 is 3.06 bits per heavy atom. The number of aromatic nitrogens is 3. The minimum Gasteiger partial charge on any atom is -0.493 e. The molecule has 3 aromatic rings. The lowest BCUT2D eigenvalue weighted by molar-refractivity contribution is -0.137. The molecule has 170 valence electrons. The number of imidazole rings is 1. The van der Waals surface area contributed by atoms with Gasteiger partial charge in [0.1, 0.15) is 11.6 Å². The Kier molecular flexibility index (Phi) is 6.11. The summed E-state index contributed by atoms with van der Waals surface area (Å²) in [4.78, 5) is 20.7. The average molecular weight is 445 g/mol. The predicted octanol–water partition coefficient (Wildman–Crippen LogP) is 4.09. The highest BCUT2D eigenvalue weighted by atomic mass is 16.5. The second-order valence-electron chi connectivity index (χ2n) is 8.70. The Morgan fingerprint density at radius 2 is 2.15 bits per heavy atom. The number of carbonyl (C=O) groups is 1. The first-order chi connectivity index (χ1) is 16.1. The van der Waals surface area contributed by atoms with Gasteiger partial charge < -0.3 is 19.7 Å². The van der Waals surface area contributed by atoms with Crippen molar-refractivity contribution < 1.29 is 14.6 Å². The largest absolute Gasteiger partial charge is 0.493 e. The summed E-state index contributed by atoms with van der Waals surface area (Å²) >= 11 is 0. The van der Waals surface area contributed by atoms with Crippen molar-refractivity contribution >= 4 is 17.9 Å². The number of aryl methyl sites for hydroxylation is 1. The van der Waals surface area contributed by atoms with E-state index in [-0.39, 0.29) is 12.3 Å². The van der Waals surface area contributed by atoms with E-state index in [0.29, 0.717) is 13.2 Å². The second-order valence-corrected chi connectivity index (χ2v) is 8.70. The molecule has 2 aliphatic heterocycles. The molecule has 5 rings (SSSR count). The number of hydrogen-bond acceptors (Lipinski definition) is 5. The van der Waals surface area contributed by atoms with Gasteiger partial charge in [-0.05, 0) is 47.7 Å². The normalized spacial score (nSPS) is 15.5. The fourth-order valence-corrected chi connectivity index (χ4v) is 4.54. The zero-order valence-corrected chi connectivity index (χ0v) is 18.5. The van der Waals surface area contributed by atoms with E-state index in [1.54, 1.807) is 6.33 Å². The van der Waals surface area contributed by atoms with Crippen LogP contribution >= 0.6 is 0 Å². The molecule has 1 atom stereocenters. The van der Waals surface area contributed by atoms with E-state index in [9.17, 15) is 9.90 Å². The van der Waals surface area contributed by atoms with Gasteiger partial charge in [-0.15, -0.1) is 0 Å². The van der Waals surface area contributed by atoms with E-state index in [2.05, 4.69) is 34.6 Å². The molecule has 2 aromatic heterocycles. The third-order valence-corrected chi connectivity index (χ3v) is 6.26. The molecule has 7 nitrogen and oxygen atoms in total. The molecule has 7 heteroatoms. The molecular formula is C26H28N4O3. The van der Waals surface area contributed by atoms with Crippen molar-refractivity contribution in [2.24, 2.45) is 0 Å². The molecule has 0 saturated carbocycles. The average Bonchev–Trinajstić information content (AvgIpc) is 3.47. The van der Waals surface area contributed by atoms with Crippen LogP contribution in [0.15, 0.2) is 48.9 Å². The molecule has 0 saturated heterocycles. The summed E-state index contributed by atoms with van der Waals surface area (Å²) in [7, 11) is 0. The summed E-state index contributed by atoms with van der Waals surface area (Å²) in [5, 5.41) is 12.8. The lowest BCUT2D eigenvalue weighted by Crippen LogP contribution is -2.13. The smallest absolute Gasteiger partial charge is 0.304 e. The highest BCUT2D eigenvalue weighted by Crippen LogP contribution is 2.31. The number of anilines is 1. The number of nitrogens with zero attached hydrogens (tertiary/aromatic N) is 3. The van der Waals surface area contributed by atoms with E-state index in [1.807, 2.05) is 29.0 Å². The Labute approximate surface area is 193 Å². The molecule has 1 aromatic carbocycles. The number of carboxylic acids is 1. The van der Waals surface area contributed by atoms with Gasteiger partial charge in [-0.3, -0.25) is 4.79 Å². The predicted molar refractivity (Wildman–Crippen MR) is 127 cm³/mol. The minimum absolute atomic E-state index is 0.0557. The van der Waals surface area contributed by atoms with E-state index >= 15 is 0 Å². The van der Waals surface area contributed by atoms with Gasteiger partial charge in [-0.2, -0.15) is 0 Å². The Morgan fingerprint density at radius 1 is 1.24 bits per heavy atom. The fourth-order valence-electron chi connectivity index (χ4n) is 4.54. The molecule has 0 bridgehead atoms. The van der Waals surface area contributed by atoms with Crippen LogP contribution in [0.5, 0.6) is 5.75 Å². The van der Waals surface area contributed by atoms with E-state index in [0.717, 1.165) is 60.7 Å². The van der Waals surface area contributed by atoms with Crippen LogP contribution in [0, 0.1) is 0 Å². The Hall–Kier alpha value is -3.61. The lowest BCUT2D eigenvalue weighted by atomic mass is 9.94. The van der Waals surface area contributed by atoms with Gasteiger partial charge in [0.05, 0.1) is 25.0 Å². The number of carboxylic acid groups (broad SMARTS) is 1. The van der Waals surface area contributed by atoms with Crippen LogP contribution in [0.1, 0.15) is 46.8 Å². The van der Waals surface area contributed by atoms with Crippen molar-refractivity contribution in [3.05, 3.63) is 77.0 Å². The molecule has 0 amide bonds. The summed E-state index contributed by atoms with van der Waals surface area (Å²) in [6.45, 7) is 2.22. The third-order valence-electron chi connectivity index (χ3n) is 6.26. The van der Waals surface area contributed by atoms with Crippen molar-refractivity contribution in [3.63, 3.8) is 0 Å². The third kappa shape index (κ3) is 5.08. The number of ether oxygens (including phenoxy) is 1. The van der Waals surface area contributed by atoms with Crippen molar-refractivity contribution in [2.75, 3.05) is 18.5 Å². The SMILES string of the molecule is O=C(O)CC(Cn1cnc(C=CCc2ccc3c(n2)NCCC3)c1)c1ccc2c(c1)OCC2. The lowest BCUT2D eigenvalue weighted by Gasteiger charge is -2.17. The molecule has 4 heterocycles. The molecule has 0 aliphatic carbocycles. The van der Waals surface area contributed by atoms with Crippen molar-refractivity contribution in [3.8, 4) is 5.75 Å². The van der Waals surface area contributed by atoms with E-state index < -0.39 is 5.97 Å². The number of pyridine rings is 1. The quantitative estimate of drug-likeness (QED) is 0.544. The molecular weight excluding hydrogens is 416 g/mol. The van der Waals surface area contributed by atoms with E-state index in [4.69, 9.17) is 9.72 Å².